The van der Waals surface area contributed by atoms with Crippen molar-refractivity contribution in [2.75, 3.05) is 33.2 Å². The average Bonchev–Trinajstić information content (AvgIpc) is 2.30. The molecule has 1 rings (SSSR count). The minimum Gasteiger partial charge on any atom is -0.345 e. The Morgan fingerprint density at radius 3 is 2.81 bits per heavy atom. The lowest BCUT2D eigenvalue weighted by Gasteiger charge is -2.38. The van der Waals surface area contributed by atoms with Gasteiger partial charge in [-0.25, -0.2) is 0 Å². The normalized spacial score (nSPS) is 26.8. The number of nitrogens with two attached hydrogens (primary N) is 1. The quantitative estimate of drug-likeness (QED) is 0.762. The summed E-state index contributed by atoms with van der Waals surface area (Å²) in [6.45, 7) is 7.23. The lowest BCUT2D eigenvalue weighted by Crippen LogP contribution is -2.50. The monoisotopic (exact) mass is 227 g/mol. The van der Waals surface area contributed by atoms with Gasteiger partial charge >= 0.3 is 0 Å². The summed E-state index contributed by atoms with van der Waals surface area (Å²) in [5.41, 5.74) is 5.77. The fourth-order valence-electron chi connectivity index (χ4n) is 2.22. The topological polar surface area (TPSA) is 49.6 Å². The third-order valence-electron chi connectivity index (χ3n) is 3.61. The van der Waals surface area contributed by atoms with Gasteiger partial charge in [-0.3, -0.25) is 9.69 Å². The Morgan fingerprint density at radius 2 is 2.25 bits per heavy atom. The van der Waals surface area contributed by atoms with Crippen molar-refractivity contribution in [2.45, 2.75) is 32.7 Å². The zero-order valence-corrected chi connectivity index (χ0v) is 10.8. The molecule has 1 aliphatic heterocycles. The van der Waals surface area contributed by atoms with Crippen molar-refractivity contribution in [3.05, 3.63) is 0 Å². The summed E-state index contributed by atoms with van der Waals surface area (Å²) in [7, 11) is 1.85. The number of carbonyl (C=O) groups is 1. The molecule has 1 heterocycles. The summed E-state index contributed by atoms with van der Waals surface area (Å²) >= 11 is 0. The van der Waals surface area contributed by atoms with Crippen molar-refractivity contribution in [2.24, 2.45) is 11.7 Å². The number of likely N-dealkylation sites (tertiary alicyclic amines) is 1. The Labute approximate surface area is 98.8 Å². The maximum absolute atomic E-state index is 11.8. The average molecular weight is 227 g/mol. The van der Waals surface area contributed by atoms with Crippen LogP contribution < -0.4 is 5.73 Å². The first-order valence-corrected chi connectivity index (χ1v) is 6.26. The summed E-state index contributed by atoms with van der Waals surface area (Å²) in [6.07, 6.45) is 2.30. The molecule has 94 valence electrons. The molecular formula is C12H25N3O. The van der Waals surface area contributed by atoms with E-state index in [1.54, 1.807) is 4.90 Å². The molecule has 1 fully saturated rings. The van der Waals surface area contributed by atoms with Crippen molar-refractivity contribution in [1.29, 1.82) is 0 Å². The van der Waals surface area contributed by atoms with Gasteiger partial charge in [0.2, 0.25) is 5.91 Å². The molecule has 1 saturated heterocycles. The van der Waals surface area contributed by atoms with Gasteiger partial charge in [-0.15, -0.1) is 0 Å². The molecule has 1 aliphatic rings. The van der Waals surface area contributed by atoms with E-state index in [0.29, 0.717) is 19.1 Å². The van der Waals surface area contributed by atoms with Crippen LogP contribution in [0.5, 0.6) is 0 Å². The molecule has 0 aromatic rings. The van der Waals surface area contributed by atoms with Crippen LogP contribution in [0.25, 0.3) is 0 Å². The SMILES string of the molecule is CCN(C)C(=O)CN1CCC(C)CC1CN. The van der Waals surface area contributed by atoms with Gasteiger partial charge in [0, 0.05) is 26.2 Å². The third kappa shape index (κ3) is 3.46. The second-order valence-corrected chi connectivity index (χ2v) is 4.90. The van der Waals surface area contributed by atoms with Gasteiger partial charge in [0.25, 0.3) is 0 Å². The van der Waals surface area contributed by atoms with Crippen LogP contribution in [0, 0.1) is 5.92 Å². The number of nitrogens with zero attached hydrogens (tertiary/aromatic N) is 2. The van der Waals surface area contributed by atoms with Crippen molar-refractivity contribution >= 4 is 5.91 Å². The van der Waals surface area contributed by atoms with E-state index in [-0.39, 0.29) is 5.91 Å². The minimum absolute atomic E-state index is 0.204. The van der Waals surface area contributed by atoms with Crippen LogP contribution >= 0.6 is 0 Å². The molecule has 0 saturated carbocycles. The van der Waals surface area contributed by atoms with Crippen LogP contribution in [0.1, 0.15) is 26.7 Å². The summed E-state index contributed by atoms with van der Waals surface area (Å²) in [5, 5.41) is 0. The Morgan fingerprint density at radius 1 is 1.56 bits per heavy atom. The van der Waals surface area contributed by atoms with Gasteiger partial charge in [0.15, 0.2) is 0 Å². The van der Waals surface area contributed by atoms with E-state index < -0.39 is 0 Å². The molecule has 0 aromatic carbocycles. The van der Waals surface area contributed by atoms with E-state index in [1.807, 2.05) is 14.0 Å². The lowest BCUT2D eigenvalue weighted by atomic mass is 9.92. The molecule has 0 aliphatic carbocycles. The summed E-state index contributed by atoms with van der Waals surface area (Å²) < 4.78 is 0. The molecule has 2 unspecified atom stereocenters. The third-order valence-corrected chi connectivity index (χ3v) is 3.61. The Balaban J connectivity index is 2.49. The number of hydrogen-bond acceptors (Lipinski definition) is 3. The van der Waals surface area contributed by atoms with Crippen LogP contribution in [0.2, 0.25) is 0 Å². The maximum atomic E-state index is 11.8. The molecule has 2 N–H and O–H groups in total. The fourth-order valence-corrected chi connectivity index (χ4v) is 2.22. The smallest absolute Gasteiger partial charge is 0.236 e. The Kier molecular flexibility index (Phi) is 5.22. The van der Waals surface area contributed by atoms with Crippen molar-refractivity contribution in [3.63, 3.8) is 0 Å². The molecule has 0 spiro atoms. The van der Waals surface area contributed by atoms with Gasteiger partial charge < -0.3 is 10.6 Å². The lowest BCUT2D eigenvalue weighted by molar-refractivity contribution is -0.132. The summed E-state index contributed by atoms with van der Waals surface area (Å²) in [6, 6.07) is 0.387. The number of carbonyl (C=O) groups excluding carboxylic acids is 1. The van der Waals surface area contributed by atoms with Crippen LogP contribution in [-0.2, 0) is 4.79 Å². The molecule has 0 radical (unpaired) electrons. The predicted molar refractivity (Wildman–Crippen MR) is 66.1 cm³/mol. The van der Waals surface area contributed by atoms with E-state index in [9.17, 15) is 4.79 Å². The highest BCUT2D eigenvalue weighted by atomic mass is 16.2. The number of likely N-dealkylation sites (N-methyl/N-ethyl adjacent to an activating group) is 1. The number of rotatable bonds is 4. The Bertz CT molecular complexity index is 232. The standard InChI is InChI=1S/C12H25N3O/c1-4-14(3)12(16)9-15-6-5-10(2)7-11(15)8-13/h10-11H,4-9,13H2,1-3H3. The van der Waals surface area contributed by atoms with E-state index in [2.05, 4.69) is 11.8 Å². The largest absolute Gasteiger partial charge is 0.345 e. The highest BCUT2D eigenvalue weighted by molar-refractivity contribution is 5.78. The first-order chi connectivity index (χ1) is 7.58. The van der Waals surface area contributed by atoms with Crippen molar-refractivity contribution in [1.82, 2.24) is 9.80 Å². The van der Waals surface area contributed by atoms with E-state index >= 15 is 0 Å². The molecule has 16 heavy (non-hydrogen) atoms. The molecule has 0 bridgehead atoms. The number of hydrogen-bond donors (Lipinski definition) is 1. The first kappa shape index (κ1) is 13.5. The van der Waals surface area contributed by atoms with E-state index in [0.717, 1.165) is 25.4 Å². The summed E-state index contributed by atoms with van der Waals surface area (Å²) in [4.78, 5) is 15.8. The highest BCUT2D eigenvalue weighted by Gasteiger charge is 2.27. The number of amides is 1. The van der Waals surface area contributed by atoms with Gasteiger partial charge in [-0.2, -0.15) is 0 Å². The zero-order chi connectivity index (χ0) is 12.1. The molecule has 4 nitrogen and oxygen atoms in total. The fraction of sp³-hybridized carbons (Fsp3) is 0.917. The molecule has 1 amide bonds. The van der Waals surface area contributed by atoms with Crippen LogP contribution in [0.4, 0.5) is 0 Å². The van der Waals surface area contributed by atoms with Gasteiger partial charge in [-0.1, -0.05) is 6.92 Å². The van der Waals surface area contributed by atoms with Gasteiger partial charge in [0.1, 0.15) is 0 Å². The van der Waals surface area contributed by atoms with Crippen molar-refractivity contribution < 1.29 is 4.79 Å². The Hall–Kier alpha value is -0.610. The molecule has 0 aromatic heterocycles. The minimum atomic E-state index is 0.204. The van der Waals surface area contributed by atoms with Gasteiger partial charge in [0.05, 0.1) is 6.54 Å². The molecule has 4 heteroatoms. The maximum Gasteiger partial charge on any atom is 0.236 e. The van der Waals surface area contributed by atoms with Crippen LogP contribution in [0.3, 0.4) is 0 Å². The first-order valence-electron chi connectivity index (χ1n) is 6.26. The second kappa shape index (κ2) is 6.21. The van der Waals surface area contributed by atoms with Gasteiger partial charge in [-0.05, 0) is 32.2 Å². The van der Waals surface area contributed by atoms with E-state index in [4.69, 9.17) is 5.73 Å². The molecule has 2 atom stereocenters. The van der Waals surface area contributed by atoms with Crippen molar-refractivity contribution in [3.8, 4) is 0 Å². The number of piperidine rings is 1. The van der Waals surface area contributed by atoms with E-state index in [1.165, 1.54) is 6.42 Å². The predicted octanol–water partition coefficient (Wildman–Crippen LogP) is 0.524. The van der Waals surface area contributed by atoms with Crippen LogP contribution in [0.15, 0.2) is 0 Å². The van der Waals surface area contributed by atoms with Crippen LogP contribution in [-0.4, -0.2) is 55.0 Å². The summed E-state index contributed by atoms with van der Waals surface area (Å²) in [5.74, 6) is 0.944. The zero-order valence-electron chi connectivity index (χ0n) is 10.8. The molecular weight excluding hydrogens is 202 g/mol. The second-order valence-electron chi connectivity index (χ2n) is 4.90. The highest BCUT2D eigenvalue weighted by Crippen LogP contribution is 2.21.